The summed E-state index contributed by atoms with van der Waals surface area (Å²) >= 11 is 21.7. The fourth-order valence-electron chi connectivity index (χ4n) is 9.22. The second kappa shape index (κ2) is 59.6. The number of carbonyl (C=O) groups is 6. The first kappa shape index (κ1) is 118. The molecule has 0 aliphatic carbocycles. The van der Waals surface area contributed by atoms with Crippen LogP contribution in [0, 0.1) is 91.0 Å². The van der Waals surface area contributed by atoms with Crippen LogP contribution in [0.1, 0.15) is 115 Å². The first-order valence-corrected chi connectivity index (χ1v) is 50.4. The Bertz CT molecular complexity index is 6810. The quantitative estimate of drug-likeness (QED) is 0.0448. The van der Waals surface area contributed by atoms with E-state index in [1.54, 1.807) is 90.1 Å². The van der Waals surface area contributed by atoms with Gasteiger partial charge in [-0.2, -0.15) is 57.5 Å². The van der Waals surface area contributed by atoms with Crippen molar-refractivity contribution in [2.75, 3.05) is 42.7 Å². The molecule has 51 heteroatoms. The van der Waals surface area contributed by atoms with Crippen molar-refractivity contribution in [1.29, 1.82) is 0 Å². The topological polar surface area (TPSA) is 602 Å². The van der Waals surface area contributed by atoms with Gasteiger partial charge in [-0.15, -0.1) is 5.54 Å². The van der Waals surface area contributed by atoms with E-state index in [9.17, 15) is 47.9 Å². The molecule has 692 valence electrons. The zero-order chi connectivity index (χ0) is 101. The van der Waals surface area contributed by atoms with Gasteiger partial charge in [-0.05, 0) is 240 Å². The fourth-order valence-corrected chi connectivity index (χ4v) is 14.1. The molecular weight excluding hydrogens is 2660 g/mol. The Balaban J connectivity index is 0.000000778. The van der Waals surface area contributed by atoms with Crippen molar-refractivity contribution >= 4 is 300 Å². The van der Waals surface area contributed by atoms with E-state index in [1.165, 1.54) is 54.8 Å². The van der Waals surface area contributed by atoms with E-state index in [4.69, 9.17) is 115 Å². The number of hydrogen-bond acceptors (Lipinski definition) is 41. The highest BCUT2D eigenvalue weighted by Gasteiger charge is 2.29. The molecule has 0 saturated carbocycles. The Labute approximate surface area is 841 Å². The SMILES string of the molecule is COC(=O)c1cc(C#CC#Cc2cc(C)oc2C(=O)OC)c(C)o1.COC(=O)c1cc2c(I)c(-c3oc(=O)c4oc(C)cc4c3I)oc(=O)c2o1.COC(=O)c1ccc(C)o1.COC(=O)c1oc(C)cc1Br.COC(=O)c1oc(C)cc1C#C[Si](C)(C)C.II.O=C=O.O=C=O.O=C=O.O=C=O.O=C=O.O=C=O.O=c1oc(-c2oc(=O)c3oc(Br)cc3c2I)c(I)c2cc(Br)oc12. The lowest BCUT2D eigenvalue weighted by atomic mass is 10.2. The number of halogens is 9. The maximum absolute atomic E-state index is 12.4. The van der Waals surface area contributed by atoms with Gasteiger partial charge in [-0.3, -0.25) is 0 Å². The summed E-state index contributed by atoms with van der Waals surface area (Å²) in [5.74, 6) is 15.3. The van der Waals surface area contributed by atoms with Crippen LogP contribution in [0.15, 0.2) is 151 Å². The van der Waals surface area contributed by atoms with Crippen LogP contribution in [0.2, 0.25) is 19.6 Å². The van der Waals surface area contributed by atoms with Crippen LogP contribution >= 0.6 is 175 Å². The second-order valence-corrected chi connectivity index (χ2v) is 35.3. The van der Waals surface area contributed by atoms with E-state index in [-0.39, 0.29) is 117 Å². The lowest BCUT2D eigenvalue weighted by Gasteiger charge is -2.05. The summed E-state index contributed by atoms with van der Waals surface area (Å²) in [5, 5.41) is 2.05. The highest BCUT2D eigenvalue weighted by atomic mass is 128. The van der Waals surface area contributed by atoms with Crippen molar-refractivity contribution < 1.29 is 172 Å². The number of ether oxygens (including phenoxy) is 6. The minimum atomic E-state index is -1.45. The van der Waals surface area contributed by atoms with Gasteiger partial charge < -0.3 is 85.8 Å². The molecule has 0 amide bonds. The van der Waals surface area contributed by atoms with E-state index in [2.05, 4.69) is 168 Å². The third-order valence-corrected chi connectivity index (χ3v) is 20.7. The number of aryl methyl sites for hydroxylation is 6. The van der Waals surface area contributed by atoms with Gasteiger partial charge in [0.2, 0.25) is 56.9 Å². The van der Waals surface area contributed by atoms with E-state index >= 15 is 0 Å². The lowest BCUT2D eigenvalue weighted by molar-refractivity contribution is -0.193. The molecule has 0 radical (unpaired) electrons. The average molecular weight is 2710 g/mol. The minimum Gasteiger partial charge on any atom is -0.463 e. The summed E-state index contributed by atoms with van der Waals surface area (Å²) in [5.41, 5.74) is 2.09. The van der Waals surface area contributed by atoms with Crippen molar-refractivity contribution in [1.82, 2.24) is 0 Å². The number of methoxy groups -OCH3 is 6. The normalized spacial score (nSPS) is 9.36. The summed E-state index contributed by atoms with van der Waals surface area (Å²) in [7, 11) is 6.24. The first-order chi connectivity index (χ1) is 62.3. The van der Waals surface area contributed by atoms with Gasteiger partial charge in [0, 0.05) is 83.0 Å². The molecule has 0 spiro atoms. The molecule has 13 heterocycles. The predicted molar refractivity (Wildman–Crippen MR) is 503 cm³/mol. The number of furan rings is 9. The molecule has 41 nitrogen and oxygen atoms in total. The molecule has 0 aliphatic heterocycles. The molecule has 0 fully saturated rings. The molecule has 132 heavy (non-hydrogen) atoms. The van der Waals surface area contributed by atoms with Gasteiger partial charge in [0.1, 0.15) is 42.6 Å². The number of esters is 6. The molecular formula is C81H55Br3I6O41Si. The third kappa shape index (κ3) is 35.4. The van der Waals surface area contributed by atoms with Gasteiger partial charge in [0.05, 0.1) is 78.1 Å². The third-order valence-electron chi connectivity index (χ3n) is 14.1. The van der Waals surface area contributed by atoms with Crippen molar-refractivity contribution in [2.24, 2.45) is 0 Å². The fraction of sp³-hybridized carbons (Fsp3) is 0.185. The van der Waals surface area contributed by atoms with Gasteiger partial charge in [0.15, 0.2) is 32.4 Å². The number of hydrogen-bond donors (Lipinski definition) is 0. The zero-order valence-corrected chi connectivity index (χ0v) is 88.1. The molecule has 0 unspecified atom stereocenters. The highest BCUT2D eigenvalue weighted by molar-refractivity contribution is 15.0. The number of fused-ring (bicyclic) bond motifs is 4. The molecule has 0 N–H and O–H groups in total. The largest absolute Gasteiger partial charge is 0.463 e. The molecule has 0 atom stereocenters. The van der Waals surface area contributed by atoms with Crippen LogP contribution in [-0.4, -0.2) is 123 Å². The van der Waals surface area contributed by atoms with Gasteiger partial charge >= 0.3 is 95.2 Å². The highest BCUT2D eigenvalue weighted by Crippen LogP contribution is 2.39. The summed E-state index contributed by atoms with van der Waals surface area (Å²) < 4.78 is 99.4. The maximum Gasteiger partial charge on any atom is 0.380 e. The van der Waals surface area contributed by atoms with Gasteiger partial charge in [-0.25, -0.2) is 47.9 Å². The van der Waals surface area contributed by atoms with Crippen LogP contribution in [0.3, 0.4) is 0 Å². The Morgan fingerprint density at radius 1 is 0.318 bits per heavy atom. The van der Waals surface area contributed by atoms with Crippen LogP contribution < -0.4 is 22.5 Å². The van der Waals surface area contributed by atoms with E-state index in [0.29, 0.717) is 101 Å². The van der Waals surface area contributed by atoms with Crippen molar-refractivity contribution in [3.05, 3.63) is 216 Å². The standard InChI is InChI=1S/C18H14O6.C17H8I2O8.C14H2Br2I2O6.C12H16O3Si.C7H7BrO3.C7H8O3.6CO2.I2/c1-11-9-14(16(23-11)18(20)22-4)8-6-5-7-13-10-15(17(19)21-3)24-12(13)2;1-5-3-6-9(18)13(26-16(21)11(6)24-5)14-10(19)7-4-8(15(20)23-2)25-12(7)17(22)27-14;15-5-1-3-7(17)11(23-13(19)9(3)21-5)12-8(18)4-2-6(16)22-10(4)14(20)24-12;1-9-8-10(6-7-16(3,4)5)11(15-9)12(13)14-2;1-4-3-5(8)6(11-4)7(9)10-2;1-5-3-4-6(10-5)7(8)9-2;6*2-1-3;1-2/h9-10H,1-4H3;3-4H,1-2H3;1-2H;8H,1-5H3;3H,1-2H3;3-4H,1-2H3;;;;;;;. The van der Waals surface area contributed by atoms with Crippen molar-refractivity contribution in [3.63, 3.8) is 0 Å². The second-order valence-electron chi connectivity index (χ2n) is 23.8. The Morgan fingerprint density at radius 2 is 0.614 bits per heavy atom. The molecule has 0 bridgehead atoms. The number of rotatable bonds is 8. The number of carbonyl (C=O) groups excluding carboxylic acids is 18. The monoisotopic (exact) mass is 2710 g/mol. The molecule has 13 aromatic rings. The summed E-state index contributed by atoms with van der Waals surface area (Å²) in [4.78, 5) is 214. The van der Waals surface area contributed by atoms with Crippen LogP contribution in [0.25, 0.3) is 66.9 Å². The predicted octanol–water partition coefficient (Wildman–Crippen LogP) is 16.4. The van der Waals surface area contributed by atoms with E-state index in [0.717, 1.165) is 0 Å². The Kier molecular flexibility index (Phi) is 53.3. The summed E-state index contributed by atoms with van der Waals surface area (Å²) in [6.07, 6.45) is 1.50. The van der Waals surface area contributed by atoms with Crippen molar-refractivity contribution in [2.45, 2.75) is 61.2 Å². The lowest BCUT2D eigenvalue weighted by Crippen LogP contribution is -2.16. The minimum absolute atomic E-state index is 0.0387. The zero-order valence-electron chi connectivity index (χ0n) is 69.4. The first-order valence-electron chi connectivity index (χ1n) is 34.0. The smallest absolute Gasteiger partial charge is 0.380 e. The van der Waals surface area contributed by atoms with Crippen LogP contribution in [-0.2, 0) is 86.0 Å². The molecule has 0 aromatic carbocycles. The van der Waals surface area contributed by atoms with E-state index in [1.807, 2.05) is 90.4 Å². The maximum atomic E-state index is 12.4. The van der Waals surface area contributed by atoms with Crippen molar-refractivity contribution in [3.8, 4) is 58.2 Å². The Morgan fingerprint density at radius 3 is 0.955 bits per heavy atom. The molecule has 0 aliphatic rings. The van der Waals surface area contributed by atoms with Gasteiger partial charge in [-0.1, -0.05) is 25.6 Å². The molecule has 13 aromatic heterocycles. The molecule has 0 saturated heterocycles. The Hall–Kier alpha value is -11.8. The summed E-state index contributed by atoms with van der Waals surface area (Å²) in [6.45, 7) is 16.8. The average Bonchev–Trinajstić information content (AvgIpc) is 1.60. The van der Waals surface area contributed by atoms with E-state index < -0.39 is 66.4 Å². The summed E-state index contributed by atoms with van der Waals surface area (Å²) in [6, 6.07) is 16.3. The van der Waals surface area contributed by atoms with Crippen LogP contribution in [0.4, 0.5) is 0 Å². The van der Waals surface area contributed by atoms with Crippen LogP contribution in [0.5, 0.6) is 0 Å². The van der Waals surface area contributed by atoms with Gasteiger partial charge in [0.25, 0.3) is 0 Å². The molecule has 13 rings (SSSR count).